The summed E-state index contributed by atoms with van der Waals surface area (Å²) in [4.78, 5) is 33.4. The molecule has 5 aromatic rings. The Hall–Kier alpha value is -5.23. The van der Waals surface area contributed by atoms with Gasteiger partial charge in [0.15, 0.2) is 5.41 Å². The Morgan fingerprint density at radius 2 is 1.13 bits per heavy atom. The predicted octanol–water partition coefficient (Wildman–Crippen LogP) is 7.52. The van der Waals surface area contributed by atoms with Gasteiger partial charge in [-0.25, -0.2) is 4.99 Å². The zero-order chi connectivity index (χ0) is 32.3. The highest BCUT2D eigenvalue weighted by atomic mass is 16.6. The minimum atomic E-state index is -1.53. The monoisotopic (exact) mass is 610 g/mol. The fourth-order valence-electron chi connectivity index (χ4n) is 6.16. The summed E-state index contributed by atoms with van der Waals surface area (Å²) in [6, 6.07) is 35.4. The number of aryl methyl sites for hydroxylation is 2. The zero-order valence-corrected chi connectivity index (χ0v) is 26.7. The molecule has 1 aromatic heterocycles. The molecule has 0 radical (unpaired) electrons. The third-order valence-electron chi connectivity index (χ3n) is 8.86. The van der Waals surface area contributed by atoms with Crippen molar-refractivity contribution in [3.8, 4) is 5.69 Å². The number of hydrogen-bond donors (Lipinski definition) is 0. The normalized spacial score (nSPS) is 13.7. The topological polar surface area (TPSA) is 69.9 Å². The maximum atomic E-state index is 14.1. The predicted molar refractivity (Wildman–Crippen MR) is 179 cm³/mol. The van der Waals surface area contributed by atoms with Crippen molar-refractivity contribution in [3.63, 3.8) is 0 Å². The molecule has 1 aliphatic rings. The lowest BCUT2D eigenvalue weighted by Crippen LogP contribution is -2.43. The summed E-state index contributed by atoms with van der Waals surface area (Å²) in [5.41, 5.74) is 8.71. The molecule has 1 aliphatic carbocycles. The molecule has 4 aromatic carbocycles. The van der Waals surface area contributed by atoms with E-state index in [9.17, 15) is 9.59 Å². The molecule has 0 atom stereocenters. The average molecular weight is 611 g/mol. The van der Waals surface area contributed by atoms with Gasteiger partial charge in [-0.15, -0.1) is 0 Å². The van der Waals surface area contributed by atoms with Gasteiger partial charge in [-0.05, 0) is 79.8 Å². The standard InChI is InChI=1S/C40H38N2O4/c1-27-15-19-33(20-16-27)41-37-29(3)35-23-40(38(43)45-25-31-11-7-5-8-12-31,39(44)46-26-32-13-9-6-10-14-32)24-36(35)30(4)42(37)34-21-17-28(2)18-22-34/h5-22H,23-26H2,1-4H3. The van der Waals surface area contributed by atoms with E-state index in [0.717, 1.165) is 61.5 Å². The van der Waals surface area contributed by atoms with Crippen LogP contribution in [0.15, 0.2) is 114 Å². The quantitative estimate of drug-likeness (QED) is 0.135. The number of carbonyl (C=O) groups is 2. The van der Waals surface area contributed by atoms with Crippen LogP contribution in [0.25, 0.3) is 5.69 Å². The fourth-order valence-corrected chi connectivity index (χ4v) is 6.16. The molecule has 232 valence electrons. The summed E-state index contributed by atoms with van der Waals surface area (Å²) in [6.45, 7) is 8.31. The van der Waals surface area contributed by atoms with Crippen LogP contribution in [0.1, 0.15) is 44.6 Å². The summed E-state index contributed by atoms with van der Waals surface area (Å²) in [7, 11) is 0. The summed E-state index contributed by atoms with van der Waals surface area (Å²) in [6.07, 6.45) is 0.342. The van der Waals surface area contributed by atoms with E-state index in [-0.39, 0.29) is 26.1 Å². The van der Waals surface area contributed by atoms with Crippen molar-refractivity contribution >= 4 is 17.6 Å². The molecule has 6 nitrogen and oxygen atoms in total. The number of rotatable bonds is 8. The second-order valence-electron chi connectivity index (χ2n) is 12.2. The zero-order valence-electron chi connectivity index (χ0n) is 26.7. The van der Waals surface area contributed by atoms with Gasteiger partial charge in [0.2, 0.25) is 0 Å². The van der Waals surface area contributed by atoms with Gasteiger partial charge in [0.05, 0.1) is 5.69 Å². The number of pyridine rings is 1. The van der Waals surface area contributed by atoms with Crippen molar-refractivity contribution < 1.29 is 19.1 Å². The highest BCUT2D eigenvalue weighted by molar-refractivity contribution is 6.01. The molecule has 0 aliphatic heterocycles. The van der Waals surface area contributed by atoms with Crippen molar-refractivity contribution in [3.05, 3.63) is 159 Å². The van der Waals surface area contributed by atoms with E-state index in [1.807, 2.05) is 106 Å². The first kappa shape index (κ1) is 30.8. The first-order chi connectivity index (χ1) is 22.2. The Morgan fingerprint density at radius 1 is 0.652 bits per heavy atom. The SMILES string of the molecule is Cc1ccc(N=c2c(C)c3c(c(C)n2-c2ccc(C)cc2)CC(C(=O)OCc2ccccc2)(C(=O)OCc2ccccc2)C3)cc1. The van der Waals surface area contributed by atoms with Crippen molar-refractivity contribution in [1.82, 2.24) is 4.57 Å². The lowest BCUT2D eigenvalue weighted by atomic mass is 9.84. The van der Waals surface area contributed by atoms with Crippen LogP contribution in [0.5, 0.6) is 0 Å². The van der Waals surface area contributed by atoms with Gasteiger partial charge < -0.3 is 9.47 Å². The minimum Gasteiger partial charge on any atom is -0.460 e. The van der Waals surface area contributed by atoms with Crippen LogP contribution in [0.4, 0.5) is 5.69 Å². The molecule has 0 bridgehead atoms. The number of ether oxygens (including phenoxy) is 2. The van der Waals surface area contributed by atoms with E-state index >= 15 is 0 Å². The van der Waals surface area contributed by atoms with Gasteiger partial charge in [-0.3, -0.25) is 14.2 Å². The maximum absolute atomic E-state index is 14.1. The van der Waals surface area contributed by atoms with Crippen LogP contribution in [0, 0.1) is 33.1 Å². The van der Waals surface area contributed by atoms with Gasteiger partial charge in [0.1, 0.15) is 18.7 Å². The number of benzene rings is 4. The second kappa shape index (κ2) is 13.0. The molecular formula is C40H38N2O4. The molecule has 0 saturated carbocycles. The van der Waals surface area contributed by atoms with Gasteiger partial charge in [-0.2, -0.15) is 0 Å². The van der Waals surface area contributed by atoms with E-state index in [0.29, 0.717) is 0 Å². The number of carbonyl (C=O) groups excluding carboxylic acids is 2. The lowest BCUT2D eigenvalue weighted by molar-refractivity contribution is -0.173. The van der Waals surface area contributed by atoms with E-state index in [1.165, 1.54) is 0 Å². The van der Waals surface area contributed by atoms with E-state index < -0.39 is 17.4 Å². The molecule has 6 rings (SSSR count). The van der Waals surface area contributed by atoms with Gasteiger partial charge >= 0.3 is 11.9 Å². The van der Waals surface area contributed by atoms with Gasteiger partial charge in [0, 0.05) is 24.2 Å². The molecular weight excluding hydrogens is 572 g/mol. The summed E-state index contributed by atoms with van der Waals surface area (Å²) < 4.78 is 13.9. The highest BCUT2D eigenvalue weighted by Gasteiger charge is 2.54. The van der Waals surface area contributed by atoms with Crippen molar-refractivity contribution in [2.45, 2.75) is 53.8 Å². The molecule has 46 heavy (non-hydrogen) atoms. The summed E-state index contributed by atoms with van der Waals surface area (Å²) in [5, 5.41) is 0. The third kappa shape index (κ3) is 6.16. The molecule has 0 amide bonds. The van der Waals surface area contributed by atoms with Crippen LogP contribution >= 0.6 is 0 Å². The molecule has 1 heterocycles. The largest absolute Gasteiger partial charge is 0.460 e. The first-order valence-corrected chi connectivity index (χ1v) is 15.6. The van der Waals surface area contributed by atoms with Gasteiger partial charge in [-0.1, -0.05) is 96.1 Å². The molecule has 0 N–H and O–H groups in total. The Bertz CT molecular complexity index is 1890. The maximum Gasteiger partial charge on any atom is 0.324 e. The summed E-state index contributed by atoms with van der Waals surface area (Å²) in [5.74, 6) is -1.16. The molecule has 0 spiro atoms. The Morgan fingerprint density at radius 3 is 1.65 bits per heavy atom. The van der Waals surface area contributed by atoms with Crippen molar-refractivity contribution in [2.24, 2.45) is 10.4 Å². The van der Waals surface area contributed by atoms with Gasteiger partial charge in [0.25, 0.3) is 0 Å². The summed E-state index contributed by atoms with van der Waals surface area (Å²) >= 11 is 0. The molecule has 0 saturated heterocycles. The van der Waals surface area contributed by atoms with E-state index in [2.05, 4.69) is 35.8 Å². The fraction of sp³-hybridized carbons (Fsp3) is 0.225. The van der Waals surface area contributed by atoms with Crippen LogP contribution in [0.2, 0.25) is 0 Å². The lowest BCUT2D eigenvalue weighted by Gasteiger charge is -2.25. The van der Waals surface area contributed by atoms with Crippen LogP contribution in [0.3, 0.4) is 0 Å². The highest BCUT2D eigenvalue weighted by Crippen LogP contribution is 2.42. The van der Waals surface area contributed by atoms with Crippen LogP contribution in [-0.2, 0) is 45.1 Å². The van der Waals surface area contributed by atoms with Crippen LogP contribution < -0.4 is 5.49 Å². The average Bonchev–Trinajstić information content (AvgIpc) is 3.51. The van der Waals surface area contributed by atoms with E-state index in [4.69, 9.17) is 14.5 Å². The number of esters is 2. The van der Waals surface area contributed by atoms with Crippen molar-refractivity contribution in [2.75, 3.05) is 0 Å². The molecule has 6 heteroatoms. The first-order valence-electron chi connectivity index (χ1n) is 15.6. The minimum absolute atomic E-state index is 0.0685. The number of nitrogens with zero attached hydrogens (tertiary/aromatic N) is 2. The second-order valence-corrected chi connectivity index (χ2v) is 12.2. The molecule has 0 unspecified atom stereocenters. The number of hydrogen-bond acceptors (Lipinski definition) is 5. The Balaban J connectivity index is 1.46. The Labute approximate surface area is 270 Å². The number of fused-ring (bicyclic) bond motifs is 1. The third-order valence-corrected chi connectivity index (χ3v) is 8.86. The smallest absolute Gasteiger partial charge is 0.324 e. The molecule has 0 fully saturated rings. The van der Waals surface area contributed by atoms with Crippen molar-refractivity contribution in [1.29, 1.82) is 0 Å². The Kier molecular flexibility index (Phi) is 8.71. The van der Waals surface area contributed by atoms with Crippen LogP contribution in [-0.4, -0.2) is 16.5 Å². The number of aromatic nitrogens is 1. The van der Waals surface area contributed by atoms with E-state index in [1.54, 1.807) is 0 Å².